The monoisotopic (exact) mass is 271 g/mol. The summed E-state index contributed by atoms with van der Waals surface area (Å²) in [7, 11) is 0. The lowest BCUT2D eigenvalue weighted by atomic mass is 10.2. The van der Waals surface area contributed by atoms with Gasteiger partial charge in [-0.15, -0.1) is 0 Å². The van der Waals surface area contributed by atoms with Crippen LogP contribution in [0.15, 0.2) is 29.2 Å². The van der Waals surface area contributed by atoms with E-state index in [4.69, 9.17) is 11.6 Å². The van der Waals surface area contributed by atoms with Crippen molar-refractivity contribution >= 4 is 28.7 Å². The van der Waals surface area contributed by atoms with Crippen LogP contribution in [0.5, 0.6) is 0 Å². The summed E-state index contributed by atoms with van der Waals surface area (Å²) in [4.78, 5) is 12.0. The molecule has 0 saturated carbocycles. The lowest BCUT2D eigenvalue weighted by molar-refractivity contribution is -0.120. The Morgan fingerprint density at radius 3 is 2.76 bits per heavy atom. The number of hydrogen-bond donors (Lipinski definition) is 1. The van der Waals surface area contributed by atoms with E-state index in [9.17, 15) is 9.35 Å². The molecule has 0 spiro atoms. The Labute approximate surface area is 109 Å². The third kappa shape index (κ3) is 3.37. The zero-order chi connectivity index (χ0) is 12.3. The van der Waals surface area contributed by atoms with Crippen molar-refractivity contribution < 1.29 is 9.35 Å². The molecule has 3 nitrogen and oxygen atoms in total. The van der Waals surface area contributed by atoms with Gasteiger partial charge in [0.25, 0.3) is 0 Å². The van der Waals surface area contributed by atoms with E-state index in [0.717, 1.165) is 17.7 Å². The van der Waals surface area contributed by atoms with Gasteiger partial charge in [0, 0.05) is 11.4 Å². The minimum absolute atomic E-state index is 0.00243. The lowest BCUT2D eigenvalue weighted by Gasteiger charge is -2.19. The molecule has 1 aromatic carbocycles. The normalized spacial score (nSPS) is 22.7. The fourth-order valence-electron chi connectivity index (χ4n) is 1.85. The Balaban J connectivity index is 2.05. The molecule has 1 aromatic rings. The molecule has 92 valence electrons. The summed E-state index contributed by atoms with van der Waals surface area (Å²) in [6.07, 6.45) is 2.15. The van der Waals surface area contributed by atoms with Crippen LogP contribution in [0.3, 0.4) is 0 Å². The smallest absolute Gasteiger partial charge is 0.220 e. The van der Waals surface area contributed by atoms with Crippen molar-refractivity contribution in [1.82, 2.24) is 5.32 Å². The highest BCUT2D eigenvalue weighted by Gasteiger charge is 2.27. The van der Waals surface area contributed by atoms with Gasteiger partial charge in [-0.25, -0.2) is 0 Å². The van der Waals surface area contributed by atoms with Crippen molar-refractivity contribution in [2.75, 3.05) is 6.54 Å². The highest BCUT2D eigenvalue weighted by atomic mass is 35.5. The summed E-state index contributed by atoms with van der Waals surface area (Å²) in [6, 6.07) is 7.05. The maximum atomic E-state index is 12.3. The highest BCUT2D eigenvalue weighted by Crippen LogP contribution is 2.22. The number of hydrogen-bond acceptors (Lipinski definition) is 2. The van der Waals surface area contributed by atoms with Crippen LogP contribution in [0.25, 0.3) is 0 Å². The molecule has 0 aromatic heterocycles. The van der Waals surface area contributed by atoms with E-state index < -0.39 is 11.2 Å². The Hall–Kier alpha value is -0.710. The van der Waals surface area contributed by atoms with Gasteiger partial charge in [0.15, 0.2) is 4.90 Å². The van der Waals surface area contributed by atoms with Gasteiger partial charge in [0.2, 0.25) is 5.91 Å². The Kier molecular flexibility index (Phi) is 4.31. The summed E-state index contributed by atoms with van der Waals surface area (Å²) in [6.45, 7) is 0.494. The second-order valence-electron chi connectivity index (χ2n) is 4.07. The summed E-state index contributed by atoms with van der Waals surface area (Å²) in [5.74, 6) is 0.0561. The maximum absolute atomic E-state index is 12.3. The average molecular weight is 272 g/mol. The van der Waals surface area contributed by atoms with E-state index in [1.165, 1.54) is 0 Å². The molecule has 0 bridgehead atoms. The molecule has 1 N–H and O–H groups in total. The van der Waals surface area contributed by atoms with E-state index in [-0.39, 0.29) is 11.2 Å². The van der Waals surface area contributed by atoms with E-state index >= 15 is 0 Å². The first kappa shape index (κ1) is 12.7. The van der Waals surface area contributed by atoms with E-state index in [2.05, 4.69) is 5.32 Å². The largest absolute Gasteiger partial charge is 0.611 e. The third-order valence-electron chi connectivity index (χ3n) is 2.81. The van der Waals surface area contributed by atoms with Gasteiger partial charge in [0.1, 0.15) is 5.25 Å². The van der Waals surface area contributed by atoms with Crippen molar-refractivity contribution in [3.8, 4) is 0 Å². The van der Waals surface area contributed by atoms with Gasteiger partial charge in [-0.05, 0) is 48.3 Å². The predicted octanol–water partition coefficient (Wildman–Crippen LogP) is 2.12. The zero-order valence-electron chi connectivity index (χ0n) is 9.32. The summed E-state index contributed by atoms with van der Waals surface area (Å²) in [5, 5.41) is 3.44. The van der Waals surface area contributed by atoms with Crippen molar-refractivity contribution in [2.24, 2.45) is 0 Å². The molecule has 1 aliphatic rings. The highest BCUT2D eigenvalue weighted by molar-refractivity contribution is 7.92. The van der Waals surface area contributed by atoms with Crippen LogP contribution in [0, 0.1) is 0 Å². The zero-order valence-corrected chi connectivity index (χ0v) is 10.9. The van der Waals surface area contributed by atoms with E-state index in [1.54, 1.807) is 24.3 Å². The van der Waals surface area contributed by atoms with Gasteiger partial charge in [-0.1, -0.05) is 11.6 Å². The number of halogens is 1. The van der Waals surface area contributed by atoms with E-state index in [1.807, 2.05) is 0 Å². The predicted molar refractivity (Wildman–Crippen MR) is 68.5 cm³/mol. The molecule has 17 heavy (non-hydrogen) atoms. The third-order valence-corrected chi connectivity index (χ3v) is 4.80. The first-order valence-corrected chi connectivity index (χ1v) is 7.19. The second-order valence-corrected chi connectivity index (χ2v) is 6.24. The van der Waals surface area contributed by atoms with Gasteiger partial charge >= 0.3 is 0 Å². The number of benzene rings is 1. The first-order chi connectivity index (χ1) is 8.16. The molecule has 1 aliphatic heterocycles. The van der Waals surface area contributed by atoms with Crippen molar-refractivity contribution in [2.45, 2.75) is 29.4 Å². The number of carbonyl (C=O) groups is 1. The average Bonchev–Trinajstić information content (AvgIpc) is 2.54. The Bertz CT molecular complexity index is 396. The first-order valence-electron chi connectivity index (χ1n) is 5.59. The van der Waals surface area contributed by atoms with Gasteiger partial charge in [0.05, 0.1) is 6.54 Å². The standard InChI is InChI=1S/C12H14ClNO2S/c13-9-4-6-10(7-5-9)17(16)11-2-1-3-12(15)14-8-11/h4-7,11H,1-3,8H2,(H,14,15). The van der Waals surface area contributed by atoms with Crippen LogP contribution in [0.1, 0.15) is 19.3 Å². The van der Waals surface area contributed by atoms with Gasteiger partial charge < -0.3 is 9.87 Å². The van der Waals surface area contributed by atoms with Crippen molar-refractivity contribution in [3.05, 3.63) is 29.3 Å². The molecule has 2 unspecified atom stereocenters. The van der Waals surface area contributed by atoms with Crippen LogP contribution in [-0.2, 0) is 16.0 Å². The fourth-order valence-corrected chi connectivity index (χ4v) is 3.38. The molecular formula is C12H14ClNO2S. The molecule has 5 heteroatoms. The molecule has 1 saturated heterocycles. The molecule has 0 aliphatic carbocycles. The van der Waals surface area contributed by atoms with Crippen LogP contribution in [0.4, 0.5) is 0 Å². The fraction of sp³-hybridized carbons (Fsp3) is 0.417. The molecule has 1 fully saturated rings. The molecule has 0 radical (unpaired) electrons. The maximum Gasteiger partial charge on any atom is 0.220 e. The lowest BCUT2D eigenvalue weighted by Crippen LogP contribution is -2.33. The second kappa shape index (κ2) is 5.76. The topological polar surface area (TPSA) is 52.2 Å². The van der Waals surface area contributed by atoms with Gasteiger partial charge in [-0.2, -0.15) is 0 Å². The number of amides is 1. The number of nitrogens with one attached hydrogen (secondary N) is 1. The van der Waals surface area contributed by atoms with Crippen LogP contribution in [0.2, 0.25) is 5.02 Å². The van der Waals surface area contributed by atoms with Crippen LogP contribution in [-0.4, -0.2) is 22.3 Å². The summed E-state index contributed by atoms with van der Waals surface area (Å²) < 4.78 is 12.3. The van der Waals surface area contributed by atoms with Gasteiger partial charge in [-0.3, -0.25) is 4.79 Å². The molecule has 2 rings (SSSR count). The molecule has 2 atom stereocenters. The summed E-state index contributed by atoms with van der Waals surface area (Å²) >= 11 is 4.71. The minimum atomic E-state index is -1.08. The Morgan fingerprint density at radius 1 is 1.35 bits per heavy atom. The van der Waals surface area contributed by atoms with Crippen molar-refractivity contribution in [1.29, 1.82) is 0 Å². The quantitative estimate of drug-likeness (QED) is 0.838. The Morgan fingerprint density at radius 2 is 2.06 bits per heavy atom. The molecular weight excluding hydrogens is 258 g/mol. The van der Waals surface area contributed by atoms with E-state index in [0.29, 0.717) is 18.0 Å². The molecule has 1 heterocycles. The van der Waals surface area contributed by atoms with Crippen LogP contribution < -0.4 is 5.32 Å². The number of carbonyl (C=O) groups excluding carboxylic acids is 1. The van der Waals surface area contributed by atoms with Crippen molar-refractivity contribution in [3.63, 3.8) is 0 Å². The SMILES string of the molecule is O=C1CCCC([S+]([O-])c2ccc(Cl)cc2)CN1. The summed E-state index contributed by atoms with van der Waals surface area (Å²) in [5.41, 5.74) is 0. The number of rotatable bonds is 2. The van der Waals surface area contributed by atoms with Crippen LogP contribution >= 0.6 is 11.6 Å². The minimum Gasteiger partial charge on any atom is -0.611 e. The molecule has 1 amide bonds.